The molecule has 0 radical (unpaired) electrons. The zero-order valence-corrected chi connectivity index (χ0v) is 10.3. The first-order valence-electron chi connectivity index (χ1n) is 5.69. The van der Waals surface area contributed by atoms with Gasteiger partial charge in [-0.05, 0) is 31.1 Å². The van der Waals surface area contributed by atoms with Gasteiger partial charge in [-0.15, -0.1) is 0 Å². The van der Waals surface area contributed by atoms with Crippen LogP contribution in [-0.2, 0) is 9.53 Å². The van der Waals surface area contributed by atoms with Gasteiger partial charge in [0, 0.05) is 6.42 Å². The molecule has 88 valence electrons. The standard InChI is InChI=1S/C14H15NO2/c1-4-13-15-12(14(16)17-13)8-11-7-9(2)5-6-10(11)3/h5-8H,4H2,1-3H3/b12-8+. The average Bonchev–Trinajstić information content (AvgIpc) is 2.65. The molecule has 2 rings (SSSR count). The number of hydrogen-bond acceptors (Lipinski definition) is 3. The van der Waals surface area contributed by atoms with Crippen LogP contribution >= 0.6 is 0 Å². The third-order valence-electron chi connectivity index (χ3n) is 2.69. The van der Waals surface area contributed by atoms with Gasteiger partial charge in [0.15, 0.2) is 11.6 Å². The largest absolute Gasteiger partial charge is 0.407 e. The van der Waals surface area contributed by atoms with E-state index < -0.39 is 0 Å². The quantitative estimate of drug-likeness (QED) is 0.577. The van der Waals surface area contributed by atoms with E-state index in [1.165, 1.54) is 0 Å². The van der Waals surface area contributed by atoms with Crippen molar-refractivity contribution in [2.24, 2.45) is 4.99 Å². The molecule has 0 aliphatic carbocycles. The van der Waals surface area contributed by atoms with Crippen molar-refractivity contribution in [1.82, 2.24) is 0 Å². The molecule has 0 atom stereocenters. The van der Waals surface area contributed by atoms with E-state index >= 15 is 0 Å². The summed E-state index contributed by atoms with van der Waals surface area (Å²) >= 11 is 0. The van der Waals surface area contributed by atoms with Gasteiger partial charge in [0.25, 0.3) is 0 Å². The Hall–Kier alpha value is -1.90. The minimum Gasteiger partial charge on any atom is -0.407 e. The molecule has 1 aliphatic rings. The van der Waals surface area contributed by atoms with E-state index in [4.69, 9.17) is 4.74 Å². The number of aliphatic imine (C=N–C) groups is 1. The SMILES string of the molecule is CCC1=N/C(=C/c2cc(C)ccc2C)C(=O)O1. The lowest BCUT2D eigenvalue weighted by molar-refractivity contribution is -0.130. The van der Waals surface area contributed by atoms with Crippen molar-refractivity contribution in [2.75, 3.05) is 0 Å². The van der Waals surface area contributed by atoms with Crippen molar-refractivity contribution < 1.29 is 9.53 Å². The van der Waals surface area contributed by atoms with E-state index in [-0.39, 0.29) is 5.97 Å². The third-order valence-corrected chi connectivity index (χ3v) is 2.69. The number of ether oxygens (including phenoxy) is 1. The predicted octanol–water partition coefficient (Wildman–Crippen LogP) is 3.01. The van der Waals surface area contributed by atoms with Crippen molar-refractivity contribution in [2.45, 2.75) is 27.2 Å². The highest BCUT2D eigenvalue weighted by molar-refractivity contribution is 6.07. The summed E-state index contributed by atoms with van der Waals surface area (Å²) < 4.78 is 5.01. The van der Waals surface area contributed by atoms with E-state index in [1.807, 2.05) is 39.0 Å². The summed E-state index contributed by atoms with van der Waals surface area (Å²) in [6, 6.07) is 6.12. The van der Waals surface area contributed by atoms with Gasteiger partial charge in [-0.2, -0.15) is 0 Å². The highest BCUT2D eigenvalue weighted by atomic mass is 16.6. The molecule has 3 nitrogen and oxygen atoms in total. The predicted molar refractivity (Wildman–Crippen MR) is 67.7 cm³/mol. The normalized spacial score (nSPS) is 17.2. The van der Waals surface area contributed by atoms with Crippen molar-refractivity contribution in [3.63, 3.8) is 0 Å². The summed E-state index contributed by atoms with van der Waals surface area (Å²) in [5.41, 5.74) is 3.68. The topological polar surface area (TPSA) is 38.7 Å². The highest BCUT2D eigenvalue weighted by Crippen LogP contribution is 2.19. The van der Waals surface area contributed by atoms with Gasteiger partial charge < -0.3 is 4.74 Å². The summed E-state index contributed by atoms with van der Waals surface area (Å²) in [6.07, 6.45) is 2.42. The number of carbonyl (C=O) groups excluding carboxylic acids is 1. The molecule has 0 fully saturated rings. The number of hydrogen-bond donors (Lipinski definition) is 0. The number of aryl methyl sites for hydroxylation is 2. The Balaban J connectivity index is 2.39. The molecule has 0 unspecified atom stereocenters. The lowest BCUT2D eigenvalue weighted by Gasteiger charge is -2.01. The van der Waals surface area contributed by atoms with Gasteiger partial charge in [-0.25, -0.2) is 9.79 Å². The number of carbonyl (C=O) groups is 1. The minimum absolute atomic E-state index is 0.359. The second-order valence-corrected chi connectivity index (χ2v) is 4.14. The Morgan fingerprint density at radius 2 is 2.12 bits per heavy atom. The van der Waals surface area contributed by atoms with E-state index in [9.17, 15) is 4.79 Å². The molecule has 1 aromatic rings. The molecule has 1 aliphatic heterocycles. The lowest BCUT2D eigenvalue weighted by Crippen LogP contribution is -2.02. The van der Waals surface area contributed by atoms with Gasteiger partial charge >= 0.3 is 5.97 Å². The Morgan fingerprint density at radius 3 is 2.76 bits per heavy atom. The van der Waals surface area contributed by atoms with E-state index in [0.717, 1.165) is 16.7 Å². The second kappa shape index (κ2) is 4.53. The average molecular weight is 229 g/mol. The summed E-state index contributed by atoms with van der Waals surface area (Å²) in [4.78, 5) is 15.7. The smallest absolute Gasteiger partial charge is 0.363 e. The fourth-order valence-corrected chi connectivity index (χ4v) is 1.67. The van der Waals surface area contributed by atoms with Crippen LogP contribution in [0, 0.1) is 13.8 Å². The fourth-order valence-electron chi connectivity index (χ4n) is 1.67. The van der Waals surface area contributed by atoms with Crippen LogP contribution in [0.5, 0.6) is 0 Å². The molecule has 0 spiro atoms. The Morgan fingerprint density at radius 1 is 1.35 bits per heavy atom. The van der Waals surface area contributed by atoms with Crippen molar-refractivity contribution in [1.29, 1.82) is 0 Å². The number of rotatable bonds is 2. The van der Waals surface area contributed by atoms with Crippen LogP contribution in [0.4, 0.5) is 0 Å². The molecule has 0 bridgehead atoms. The molecule has 0 saturated carbocycles. The van der Waals surface area contributed by atoms with E-state index in [2.05, 4.69) is 4.99 Å². The molecule has 1 heterocycles. The number of cyclic esters (lactones) is 1. The van der Waals surface area contributed by atoms with Gasteiger partial charge in [0.2, 0.25) is 0 Å². The Bertz CT molecular complexity index is 527. The minimum atomic E-state index is -0.359. The molecule has 0 amide bonds. The van der Waals surface area contributed by atoms with Crippen molar-refractivity contribution in [3.8, 4) is 0 Å². The number of benzene rings is 1. The van der Waals surface area contributed by atoms with Crippen LogP contribution in [0.15, 0.2) is 28.9 Å². The molecule has 17 heavy (non-hydrogen) atoms. The first-order valence-corrected chi connectivity index (χ1v) is 5.69. The molecular weight excluding hydrogens is 214 g/mol. The molecular formula is C14H15NO2. The van der Waals surface area contributed by atoms with Crippen LogP contribution in [-0.4, -0.2) is 11.9 Å². The first-order chi connectivity index (χ1) is 8.10. The van der Waals surface area contributed by atoms with Gasteiger partial charge in [-0.1, -0.05) is 30.7 Å². The Kier molecular flexibility index (Phi) is 3.09. The van der Waals surface area contributed by atoms with E-state index in [1.54, 1.807) is 6.08 Å². The second-order valence-electron chi connectivity index (χ2n) is 4.14. The van der Waals surface area contributed by atoms with E-state index in [0.29, 0.717) is 18.0 Å². The maximum absolute atomic E-state index is 11.5. The molecule has 1 aromatic carbocycles. The van der Waals surface area contributed by atoms with Crippen LogP contribution in [0.1, 0.15) is 30.0 Å². The van der Waals surface area contributed by atoms with Crippen LogP contribution in [0.2, 0.25) is 0 Å². The fraction of sp³-hybridized carbons (Fsp3) is 0.286. The summed E-state index contributed by atoms with van der Waals surface area (Å²) in [5.74, 6) is 0.134. The maximum atomic E-state index is 11.5. The summed E-state index contributed by atoms with van der Waals surface area (Å²) in [6.45, 7) is 5.94. The van der Waals surface area contributed by atoms with Gasteiger partial charge in [0.1, 0.15) is 0 Å². The van der Waals surface area contributed by atoms with Gasteiger partial charge in [0.05, 0.1) is 0 Å². The molecule has 0 N–H and O–H groups in total. The zero-order chi connectivity index (χ0) is 12.4. The molecule has 0 saturated heterocycles. The molecule has 3 heteroatoms. The highest BCUT2D eigenvalue weighted by Gasteiger charge is 2.21. The summed E-state index contributed by atoms with van der Waals surface area (Å²) in [7, 11) is 0. The van der Waals surface area contributed by atoms with Crippen LogP contribution in [0.25, 0.3) is 6.08 Å². The van der Waals surface area contributed by atoms with Crippen LogP contribution < -0.4 is 0 Å². The Labute approximate surface area is 101 Å². The summed E-state index contributed by atoms with van der Waals surface area (Å²) in [5, 5.41) is 0. The third kappa shape index (κ3) is 2.44. The first kappa shape index (κ1) is 11.6. The lowest BCUT2D eigenvalue weighted by atomic mass is 10.0. The molecule has 0 aromatic heterocycles. The monoisotopic (exact) mass is 229 g/mol. The van der Waals surface area contributed by atoms with Crippen LogP contribution in [0.3, 0.4) is 0 Å². The zero-order valence-electron chi connectivity index (χ0n) is 10.3. The van der Waals surface area contributed by atoms with Gasteiger partial charge in [-0.3, -0.25) is 0 Å². The van der Waals surface area contributed by atoms with Crippen molar-refractivity contribution in [3.05, 3.63) is 40.6 Å². The number of nitrogens with zero attached hydrogens (tertiary/aromatic N) is 1. The maximum Gasteiger partial charge on any atom is 0.363 e. The number of esters is 1. The van der Waals surface area contributed by atoms with Crippen molar-refractivity contribution >= 4 is 17.9 Å².